The fraction of sp³-hybridized carbons (Fsp3) is 0.154. The molecule has 0 saturated carbocycles. The van der Waals surface area contributed by atoms with Gasteiger partial charge in [-0.3, -0.25) is 10.1 Å². The topological polar surface area (TPSA) is 91.3 Å². The Kier molecular flexibility index (Phi) is 3.90. The molecule has 0 saturated heterocycles. The van der Waals surface area contributed by atoms with Crippen molar-refractivity contribution in [2.45, 2.75) is 13.0 Å². The van der Waals surface area contributed by atoms with E-state index in [1.165, 1.54) is 12.3 Å². The lowest BCUT2D eigenvalue weighted by molar-refractivity contribution is -0.385. The molecule has 7 heteroatoms. The van der Waals surface area contributed by atoms with E-state index in [1.807, 2.05) is 0 Å². The zero-order valence-corrected chi connectivity index (χ0v) is 10.6. The summed E-state index contributed by atoms with van der Waals surface area (Å²) in [6.07, 6.45) is 1.44. The van der Waals surface area contributed by atoms with Crippen LogP contribution in [0, 0.1) is 15.9 Å². The maximum atomic E-state index is 13.7. The van der Waals surface area contributed by atoms with Crippen LogP contribution >= 0.6 is 0 Å². The smallest absolute Gasteiger partial charge is 0.314 e. The third-order valence-corrected chi connectivity index (χ3v) is 2.63. The quantitative estimate of drug-likeness (QED) is 0.685. The standard InChI is InChI=1S/C13H12FN3O3/c1-8(15)9-4-3-7-16-13(9)20-12-10(14)5-2-6-11(12)17(18)19/h2-8H,15H2,1H3/t8-/m0/s1. The Balaban J connectivity index is 2.48. The second-order valence-corrected chi connectivity index (χ2v) is 4.13. The number of ether oxygens (including phenoxy) is 1. The van der Waals surface area contributed by atoms with Gasteiger partial charge in [0.25, 0.3) is 0 Å². The third-order valence-electron chi connectivity index (χ3n) is 2.63. The number of benzene rings is 1. The molecule has 1 aromatic heterocycles. The van der Waals surface area contributed by atoms with Crippen LogP contribution in [0.1, 0.15) is 18.5 Å². The first-order valence-corrected chi connectivity index (χ1v) is 5.82. The van der Waals surface area contributed by atoms with Gasteiger partial charge in [-0.25, -0.2) is 9.37 Å². The summed E-state index contributed by atoms with van der Waals surface area (Å²) in [6, 6.07) is 6.40. The molecular formula is C13H12FN3O3. The van der Waals surface area contributed by atoms with E-state index in [0.29, 0.717) is 5.56 Å². The van der Waals surface area contributed by atoms with Gasteiger partial charge in [-0.1, -0.05) is 12.1 Å². The summed E-state index contributed by atoms with van der Waals surface area (Å²) in [5.41, 5.74) is 5.82. The fourth-order valence-corrected chi connectivity index (χ4v) is 1.67. The number of rotatable bonds is 4. The number of para-hydroxylation sites is 1. The molecule has 1 atom stereocenters. The van der Waals surface area contributed by atoms with Gasteiger partial charge in [0.1, 0.15) is 0 Å². The van der Waals surface area contributed by atoms with Crippen molar-refractivity contribution in [2.24, 2.45) is 5.73 Å². The van der Waals surface area contributed by atoms with E-state index < -0.39 is 28.2 Å². The van der Waals surface area contributed by atoms with Gasteiger partial charge in [0.2, 0.25) is 11.6 Å². The van der Waals surface area contributed by atoms with Gasteiger partial charge >= 0.3 is 5.69 Å². The zero-order valence-electron chi connectivity index (χ0n) is 10.6. The molecular weight excluding hydrogens is 265 g/mol. The van der Waals surface area contributed by atoms with Crippen LogP contribution in [0.4, 0.5) is 10.1 Å². The van der Waals surface area contributed by atoms with Crippen LogP contribution in [0.2, 0.25) is 0 Å². The molecule has 1 heterocycles. The van der Waals surface area contributed by atoms with Crippen LogP contribution in [-0.4, -0.2) is 9.91 Å². The van der Waals surface area contributed by atoms with Crippen molar-refractivity contribution >= 4 is 5.69 Å². The molecule has 0 aliphatic carbocycles. The monoisotopic (exact) mass is 277 g/mol. The third kappa shape index (κ3) is 2.72. The summed E-state index contributed by atoms with van der Waals surface area (Å²) in [4.78, 5) is 14.1. The van der Waals surface area contributed by atoms with E-state index in [-0.39, 0.29) is 5.88 Å². The Morgan fingerprint density at radius 3 is 2.80 bits per heavy atom. The molecule has 0 amide bonds. The molecule has 2 aromatic rings. The van der Waals surface area contributed by atoms with Crippen molar-refractivity contribution in [3.63, 3.8) is 0 Å². The Hall–Kier alpha value is -2.54. The maximum absolute atomic E-state index is 13.7. The van der Waals surface area contributed by atoms with Gasteiger partial charge in [-0.05, 0) is 19.1 Å². The fourth-order valence-electron chi connectivity index (χ4n) is 1.67. The average Bonchev–Trinajstić information content (AvgIpc) is 2.41. The number of nitrogens with zero attached hydrogens (tertiary/aromatic N) is 2. The largest absolute Gasteiger partial charge is 0.428 e. The number of halogens is 1. The number of aromatic nitrogens is 1. The van der Waals surface area contributed by atoms with Gasteiger partial charge in [0.15, 0.2) is 5.82 Å². The van der Waals surface area contributed by atoms with Crippen LogP contribution in [0.5, 0.6) is 11.6 Å². The van der Waals surface area contributed by atoms with E-state index in [0.717, 1.165) is 12.1 Å². The number of hydrogen-bond acceptors (Lipinski definition) is 5. The summed E-state index contributed by atoms with van der Waals surface area (Å²) < 4.78 is 19.0. The van der Waals surface area contributed by atoms with Gasteiger partial charge < -0.3 is 10.5 Å². The van der Waals surface area contributed by atoms with Gasteiger partial charge in [-0.15, -0.1) is 0 Å². The molecule has 20 heavy (non-hydrogen) atoms. The van der Waals surface area contributed by atoms with Crippen molar-refractivity contribution in [1.29, 1.82) is 0 Å². The van der Waals surface area contributed by atoms with Crippen LogP contribution in [0.25, 0.3) is 0 Å². The molecule has 0 radical (unpaired) electrons. The summed E-state index contributed by atoms with van der Waals surface area (Å²) in [7, 11) is 0. The van der Waals surface area contributed by atoms with E-state index in [9.17, 15) is 14.5 Å². The van der Waals surface area contributed by atoms with Gasteiger partial charge in [0, 0.05) is 23.9 Å². The minimum absolute atomic E-state index is 0.0516. The molecule has 6 nitrogen and oxygen atoms in total. The highest BCUT2D eigenvalue weighted by Crippen LogP contribution is 2.35. The lowest BCUT2D eigenvalue weighted by Gasteiger charge is -2.12. The first kappa shape index (κ1) is 13.9. The first-order chi connectivity index (χ1) is 9.50. The van der Waals surface area contributed by atoms with E-state index in [2.05, 4.69) is 4.98 Å². The van der Waals surface area contributed by atoms with Gasteiger partial charge in [-0.2, -0.15) is 0 Å². The average molecular weight is 277 g/mol. The maximum Gasteiger partial charge on any atom is 0.314 e. The SMILES string of the molecule is C[C@H](N)c1cccnc1Oc1c(F)cccc1[N+](=O)[O-]. The molecule has 0 aliphatic rings. The molecule has 1 aromatic carbocycles. The highest BCUT2D eigenvalue weighted by molar-refractivity contribution is 5.49. The number of nitro benzene ring substituents is 1. The molecule has 0 bridgehead atoms. The number of nitro groups is 1. The van der Waals surface area contributed by atoms with Crippen LogP contribution in [-0.2, 0) is 0 Å². The van der Waals surface area contributed by atoms with E-state index >= 15 is 0 Å². The van der Waals surface area contributed by atoms with Crippen LogP contribution < -0.4 is 10.5 Å². The van der Waals surface area contributed by atoms with Gasteiger partial charge in [0.05, 0.1) is 4.92 Å². The molecule has 2 N–H and O–H groups in total. The number of nitrogens with two attached hydrogens (primary N) is 1. The van der Waals surface area contributed by atoms with Crippen molar-refractivity contribution in [2.75, 3.05) is 0 Å². The molecule has 0 spiro atoms. The van der Waals surface area contributed by atoms with Crippen molar-refractivity contribution < 1.29 is 14.1 Å². The van der Waals surface area contributed by atoms with E-state index in [4.69, 9.17) is 10.5 Å². The Morgan fingerprint density at radius 1 is 1.40 bits per heavy atom. The van der Waals surface area contributed by atoms with E-state index in [1.54, 1.807) is 19.1 Å². The minimum atomic E-state index is -0.833. The Labute approximate surface area is 114 Å². The summed E-state index contributed by atoms with van der Waals surface area (Å²) in [6.45, 7) is 1.71. The van der Waals surface area contributed by atoms with Crippen molar-refractivity contribution in [1.82, 2.24) is 4.98 Å². The number of pyridine rings is 1. The Morgan fingerprint density at radius 2 is 2.15 bits per heavy atom. The molecule has 0 unspecified atom stereocenters. The second kappa shape index (κ2) is 5.62. The highest BCUT2D eigenvalue weighted by Gasteiger charge is 2.22. The summed E-state index contributed by atoms with van der Waals surface area (Å²) >= 11 is 0. The Bertz CT molecular complexity index is 647. The molecule has 2 rings (SSSR count). The second-order valence-electron chi connectivity index (χ2n) is 4.13. The van der Waals surface area contributed by atoms with Crippen LogP contribution in [0.3, 0.4) is 0 Å². The molecule has 0 aliphatic heterocycles. The zero-order chi connectivity index (χ0) is 14.7. The molecule has 0 fully saturated rings. The summed E-state index contributed by atoms with van der Waals surface area (Å²) in [5.74, 6) is -1.26. The lowest BCUT2D eigenvalue weighted by atomic mass is 10.1. The van der Waals surface area contributed by atoms with Crippen LogP contribution in [0.15, 0.2) is 36.5 Å². The predicted molar refractivity (Wildman–Crippen MR) is 70.0 cm³/mol. The molecule has 104 valence electrons. The minimum Gasteiger partial charge on any atom is -0.428 e. The van der Waals surface area contributed by atoms with Crippen molar-refractivity contribution in [3.8, 4) is 11.6 Å². The number of hydrogen-bond donors (Lipinski definition) is 1. The normalized spacial score (nSPS) is 11.9. The lowest BCUT2D eigenvalue weighted by Crippen LogP contribution is -2.08. The summed E-state index contributed by atoms with van der Waals surface area (Å²) in [5, 5.41) is 10.9. The first-order valence-electron chi connectivity index (χ1n) is 5.82. The van der Waals surface area contributed by atoms with Crippen molar-refractivity contribution in [3.05, 3.63) is 58.0 Å². The highest BCUT2D eigenvalue weighted by atomic mass is 19.1. The predicted octanol–water partition coefficient (Wildman–Crippen LogP) is 2.94.